The van der Waals surface area contributed by atoms with Crippen LogP contribution in [0.25, 0.3) is 0 Å². The standard InChI is InChI=1S/C30H59N5O12/c1-30(2,3)47-29(39)35-46-22-21-43-16-15-40-12-6-8-26(36)25(34-28(38)24-45-20-18-42-14-10-32)7-4-5-11-33-27(37)23-44-19-17-41-13-9-31/h25H,4-24,31-32H2,1-3H3,(H,33,37)(H,34,38)(H,35,39)/t25-/m0/s1. The van der Waals surface area contributed by atoms with Gasteiger partial charge in [-0.05, 0) is 46.5 Å². The van der Waals surface area contributed by atoms with E-state index in [-0.39, 0.29) is 51.1 Å². The summed E-state index contributed by atoms with van der Waals surface area (Å²) in [6, 6.07) is -0.690. The van der Waals surface area contributed by atoms with E-state index >= 15 is 0 Å². The number of hydrogen-bond acceptors (Lipinski definition) is 14. The van der Waals surface area contributed by atoms with Gasteiger partial charge in [0.25, 0.3) is 0 Å². The lowest BCUT2D eigenvalue weighted by Crippen LogP contribution is -2.42. The first-order valence-corrected chi connectivity index (χ1v) is 16.1. The average Bonchev–Trinajstić information content (AvgIpc) is 3.01. The zero-order valence-electron chi connectivity index (χ0n) is 28.5. The molecule has 0 aromatic rings. The molecule has 0 fully saturated rings. The molecule has 276 valence electrons. The molecule has 3 amide bonds. The maximum atomic E-state index is 12.9. The number of nitrogens with two attached hydrogens (primary N) is 2. The SMILES string of the molecule is CC(C)(C)OC(=O)NOCCOCCOCCCC(=O)[C@H](CCCCNC(=O)COCCOCCN)NC(=O)COCCOCCN. The Kier molecular flexibility index (Phi) is 29.2. The van der Waals surface area contributed by atoms with Crippen LogP contribution in [-0.4, -0.2) is 141 Å². The molecule has 7 N–H and O–H groups in total. The summed E-state index contributed by atoms with van der Waals surface area (Å²) in [6.07, 6.45) is 1.63. The molecule has 0 aliphatic carbocycles. The molecule has 17 nitrogen and oxygen atoms in total. The summed E-state index contributed by atoms with van der Waals surface area (Å²) >= 11 is 0. The monoisotopic (exact) mass is 681 g/mol. The lowest BCUT2D eigenvalue weighted by molar-refractivity contribution is -0.131. The minimum absolute atomic E-state index is 0.0731. The molecule has 0 saturated heterocycles. The van der Waals surface area contributed by atoms with E-state index in [0.29, 0.717) is 98.2 Å². The molecular formula is C30H59N5O12. The number of hydrogen-bond donors (Lipinski definition) is 5. The van der Waals surface area contributed by atoms with Gasteiger partial charge in [0.15, 0.2) is 5.78 Å². The van der Waals surface area contributed by atoms with Crippen LogP contribution in [0, 0.1) is 0 Å². The average molecular weight is 682 g/mol. The van der Waals surface area contributed by atoms with Gasteiger partial charge in [-0.15, -0.1) is 0 Å². The van der Waals surface area contributed by atoms with Crippen molar-refractivity contribution in [3.05, 3.63) is 0 Å². The molecule has 0 heterocycles. The first kappa shape index (κ1) is 44.5. The van der Waals surface area contributed by atoms with E-state index < -0.39 is 23.6 Å². The molecule has 0 radical (unpaired) electrons. The first-order valence-electron chi connectivity index (χ1n) is 16.1. The van der Waals surface area contributed by atoms with Crippen molar-refractivity contribution < 1.29 is 57.2 Å². The molecule has 47 heavy (non-hydrogen) atoms. The van der Waals surface area contributed by atoms with Gasteiger partial charge < -0.3 is 55.3 Å². The van der Waals surface area contributed by atoms with Crippen LogP contribution in [0.15, 0.2) is 0 Å². The predicted octanol–water partition coefficient (Wildman–Crippen LogP) is -0.420. The molecule has 0 aliphatic heterocycles. The lowest BCUT2D eigenvalue weighted by Gasteiger charge is -2.19. The summed E-state index contributed by atoms with van der Waals surface area (Å²) < 4.78 is 36.9. The van der Waals surface area contributed by atoms with Crippen LogP contribution in [0.1, 0.15) is 52.9 Å². The first-order chi connectivity index (χ1) is 22.6. The van der Waals surface area contributed by atoms with Crippen LogP contribution in [-0.2, 0) is 52.4 Å². The Bertz CT molecular complexity index is 817. The van der Waals surface area contributed by atoms with Crippen LogP contribution >= 0.6 is 0 Å². The van der Waals surface area contributed by atoms with E-state index in [1.165, 1.54) is 0 Å². The summed E-state index contributed by atoms with van der Waals surface area (Å²) in [5.74, 6) is -0.763. The normalized spacial score (nSPS) is 12.0. The highest BCUT2D eigenvalue weighted by molar-refractivity contribution is 5.89. The Morgan fingerprint density at radius 1 is 0.638 bits per heavy atom. The molecule has 0 aromatic heterocycles. The van der Waals surface area contributed by atoms with Crippen LogP contribution < -0.4 is 27.6 Å². The zero-order chi connectivity index (χ0) is 35.0. The number of rotatable bonds is 32. The van der Waals surface area contributed by atoms with Crippen LogP contribution in [0.4, 0.5) is 4.79 Å². The van der Waals surface area contributed by atoms with Gasteiger partial charge in [-0.1, -0.05) is 0 Å². The summed E-state index contributed by atoms with van der Waals surface area (Å²) in [6.45, 7) is 9.62. The molecule has 0 rings (SSSR count). The summed E-state index contributed by atoms with van der Waals surface area (Å²) in [5.41, 5.74) is 12.3. The number of unbranched alkanes of at least 4 members (excludes halogenated alkanes) is 1. The number of ether oxygens (including phenoxy) is 7. The number of Topliss-reactive ketones (excluding diaryl/α,β-unsaturated/α-hetero) is 1. The molecule has 17 heteroatoms. The molecule has 0 saturated carbocycles. The van der Waals surface area contributed by atoms with E-state index in [1.54, 1.807) is 20.8 Å². The number of carbonyl (C=O) groups is 4. The van der Waals surface area contributed by atoms with E-state index in [0.717, 1.165) is 0 Å². The van der Waals surface area contributed by atoms with Gasteiger partial charge >= 0.3 is 6.09 Å². The third-order valence-electron chi connectivity index (χ3n) is 5.67. The smallest absolute Gasteiger partial charge is 0.431 e. The Hall–Kier alpha value is -2.48. The Balaban J connectivity index is 4.29. The third kappa shape index (κ3) is 31.9. The number of nitrogens with one attached hydrogen (secondary N) is 3. The van der Waals surface area contributed by atoms with Crippen molar-refractivity contribution in [1.29, 1.82) is 0 Å². The van der Waals surface area contributed by atoms with Gasteiger partial charge in [0.2, 0.25) is 11.8 Å². The Morgan fingerprint density at radius 2 is 1.17 bits per heavy atom. The maximum absolute atomic E-state index is 12.9. The van der Waals surface area contributed by atoms with Crippen LogP contribution in [0.3, 0.4) is 0 Å². The Morgan fingerprint density at radius 3 is 1.77 bits per heavy atom. The van der Waals surface area contributed by atoms with E-state index in [4.69, 9.17) is 49.5 Å². The maximum Gasteiger partial charge on any atom is 0.431 e. The molecule has 0 aromatic carbocycles. The lowest BCUT2D eigenvalue weighted by atomic mass is 10.0. The number of amides is 3. The molecule has 0 bridgehead atoms. The molecular weight excluding hydrogens is 622 g/mol. The van der Waals surface area contributed by atoms with Gasteiger partial charge in [-0.25, -0.2) is 4.79 Å². The van der Waals surface area contributed by atoms with Gasteiger partial charge in [-0.3, -0.25) is 19.2 Å². The second kappa shape index (κ2) is 30.8. The van der Waals surface area contributed by atoms with Crippen molar-refractivity contribution in [2.24, 2.45) is 11.5 Å². The van der Waals surface area contributed by atoms with Crippen molar-refractivity contribution in [1.82, 2.24) is 16.1 Å². The van der Waals surface area contributed by atoms with Gasteiger partial charge in [0.05, 0.1) is 72.1 Å². The highest BCUT2D eigenvalue weighted by Crippen LogP contribution is 2.07. The fraction of sp³-hybridized carbons (Fsp3) is 0.867. The fourth-order valence-corrected chi connectivity index (χ4v) is 3.59. The fourth-order valence-electron chi connectivity index (χ4n) is 3.59. The van der Waals surface area contributed by atoms with E-state index in [2.05, 4.69) is 16.1 Å². The number of hydroxylamine groups is 1. The van der Waals surface area contributed by atoms with Crippen LogP contribution in [0.2, 0.25) is 0 Å². The molecule has 0 spiro atoms. The topological polar surface area (TPSA) is 230 Å². The molecule has 0 unspecified atom stereocenters. The highest BCUT2D eigenvalue weighted by atomic mass is 16.7. The van der Waals surface area contributed by atoms with Gasteiger partial charge in [0, 0.05) is 32.7 Å². The van der Waals surface area contributed by atoms with Gasteiger partial charge in [0.1, 0.15) is 18.8 Å². The molecule has 0 aliphatic rings. The summed E-state index contributed by atoms with van der Waals surface area (Å²) in [7, 11) is 0. The van der Waals surface area contributed by atoms with Gasteiger partial charge in [-0.2, -0.15) is 5.48 Å². The van der Waals surface area contributed by atoms with Crippen molar-refractivity contribution in [3.8, 4) is 0 Å². The minimum atomic E-state index is -0.690. The largest absolute Gasteiger partial charge is 0.442 e. The summed E-state index contributed by atoms with van der Waals surface area (Å²) in [5, 5.41) is 5.53. The van der Waals surface area contributed by atoms with Crippen molar-refractivity contribution in [2.45, 2.75) is 64.5 Å². The number of ketones is 1. The van der Waals surface area contributed by atoms with E-state index in [9.17, 15) is 19.2 Å². The van der Waals surface area contributed by atoms with Crippen molar-refractivity contribution in [3.63, 3.8) is 0 Å². The Labute approximate surface area is 278 Å². The second-order valence-electron chi connectivity index (χ2n) is 11.1. The van der Waals surface area contributed by atoms with Crippen molar-refractivity contribution >= 4 is 23.7 Å². The molecule has 1 atom stereocenters. The van der Waals surface area contributed by atoms with Crippen molar-refractivity contribution in [2.75, 3.05) is 106 Å². The van der Waals surface area contributed by atoms with E-state index in [1.807, 2.05) is 0 Å². The number of carbonyl (C=O) groups excluding carboxylic acids is 4. The highest BCUT2D eigenvalue weighted by Gasteiger charge is 2.20. The third-order valence-corrected chi connectivity index (χ3v) is 5.67. The second-order valence-corrected chi connectivity index (χ2v) is 11.1. The quantitative estimate of drug-likeness (QED) is 0.0449. The summed E-state index contributed by atoms with van der Waals surface area (Å²) in [4.78, 5) is 53.8. The predicted molar refractivity (Wildman–Crippen MR) is 171 cm³/mol. The minimum Gasteiger partial charge on any atom is -0.442 e. The zero-order valence-corrected chi connectivity index (χ0v) is 28.5. The van der Waals surface area contributed by atoms with Crippen LogP contribution in [0.5, 0.6) is 0 Å².